The molecular formula is C16H13N3. The van der Waals surface area contributed by atoms with E-state index in [1.807, 2.05) is 0 Å². The van der Waals surface area contributed by atoms with E-state index in [9.17, 15) is 0 Å². The predicted molar refractivity (Wildman–Crippen MR) is 76.8 cm³/mol. The third kappa shape index (κ3) is 1.51. The van der Waals surface area contributed by atoms with Crippen LogP contribution in [0.1, 0.15) is 11.1 Å². The number of hydrogen-bond donors (Lipinski definition) is 1. The van der Waals surface area contributed by atoms with Crippen molar-refractivity contribution in [1.29, 1.82) is 0 Å². The topological polar surface area (TPSA) is 51.8 Å². The summed E-state index contributed by atoms with van der Waals surface area (Å²) < 4.78 is 0. The molecule has 0 unspecified atom stereocenters. The first kappa shape index (κ1) is 10.5. The Morgan fingerprint density at radius 2 is 1.74 bits per heavy atom. The first-order valence-electron chi connectivity index (χ1n) is 6.44. The van der Waals surface area contributed by atoms with Crippen LogP contribution in [0.15, 0.2) is 42.7 Å². The van der Waals surface area contributed by atoms with Gasteiger partial charge in [-0.05, 0) is 34.7 Å². The molecule has 0 fully saturated rings. The van der Waals surface area contributed by atoms with Gasteiger partial charge in [-0.1, -0.05) is 30.3 Å². The van der Waals surface area contributed by atoms with Crippen LogP contribution in [-0.4, -0.2) is 9.97 Å². The van der Waals surface area contributed by atoms with Crippen LogP contribution in [0.2, 0.25) is 0 Å². The lowest BCUT2D eigenvalue weighted by Gasteiger charge is -2.08. The molecule has 19 heavy (non-hydrogen) atoms. The molecule has 0 amide bonds. The van der Waals surface area contributed by atoms with Crippen molar-refractivity contribution in [3.63, 3.8) is 0 Å². The predicted octanol–water partition coefficient (Wildman–Crippen LogP) is 2.98. The molecule has 1 aliphatic carbocycles. The highest BCUT2D eigenvalue weighted by Gasteiger charge is 2.16. The summed E-state index contributed by atoms with van der Waals surface area (Å²) in [7, 11) is 0. The third-order valence-corrected chi connectivity index (χ3v) is 3.82. The van der Waals surface area contributed by atoms with Gasteiger partial charge in [-0.15, -0.1) is 0 Å². The molecule has 92 valence electrons. The van der Waals surface area contributed by atoms with Crippen LogP contribution < -0.4 is 5.73 Å². The zero-order chi connectivity index (χ0) is 12.8. The van der Waals surface area contributed by atoms with Gasteiger partial charge in [0.15, 0.2) is 0 Å². The average molecular weight is 247 g/mol. The molecule has 1 heterocycles. The minimum absolute atomic E-state index is 0.453. The summed E-state index contributed by atoms with van der Waals surface area (Å²) in [5.41, 5.74) is 10.5. The smallest absolute Gasteiger partial charge is 0.141 e. The van der Waals surface area contributed by atoms with E-state index >= 15 is 0 Å². The van der Waals surface area contributed by atoms with Gasteiger partial charge in [0.2, 0.25) is 0 Å². The van der Waals surface area contributed by atoms with Crippen molar-refractivity contribution in [3.05, 3.63) is 53.9 Å². The maximum atomic E-state index is 5.60. The van der Waals surface area contributed by atoms with Crippen molar-refractivity contribution in [2.75, 3.05) is 5.73 Å². The van der Waals surface area contributed by atoms with Gasteiger partial charge in [-0.3, -0.25) is 4.98 Å². The molecule has 0 spiro atoms. The van der Waals surface area contributed by atoms with Crippen molar-refractivity contribution in [2.45, 2.75) is 12.8 Å². The van der Waals surface area contributed by atoms with Crippen LogP contribution in [0, 0.1) is 0 Å². The normalized spacial score (nSPS) is 13.1. The summed E-state index contributed by atoms with van der Waals surface area (Å²) in [5.74, 6) is 0.453. The van der Waals surface area contributed by atoms with Crippen LogP contribution in [0.5, 0.6) is 0 Å². The molecule has 2 aromatic carbocycles. The summed E-state index contributed by atoms with van der Waals surface area (Å²) >= 11 is 0. The SMILES string of the molecule is Nc1cnc(-c2ccc3c4c(cccc24)CC3)cn1. The molecule has 3 nitrogen and oxygen atoms in total. The van der Waals surface area contributed by atoms with Crippen LogP contribution in [0.4, 0.5) is 5.82 Å². The van der Waals surface area contributed by atoms with Gasteiger partial charge in [0.05, 0.1) is 18.1 Å². The summed E-state index contributed by atoms with van der Waals surface area (Å²) in [6.45, 7) is 0. The van der Waals surface area contributed by atoms with Crippen LogP contribution >= 0.6 is 0 Å². The molecule has 0 radical (unpaired) electrons. The van der Waals surface area contributed by atoms with Crippen molar-refractivity contribution < 1.29 is 0 Å². The first-order valence-corrected chi connectivity index (χ1v) is 6.44. The molecule has 1 aromatic heterocycles. The lowest BCUT2D eigenvalue weighted by molar-refractivity contribution is 1.02. The van der Waals surface area contributed by atoms with Crippen molar-refractivity contribution in [1.82, 2.24) is 9.97 Å². The second-order valence-corrected chi connectivity index (χ2v) is 4.94. The highest BCUT2D eigenvalue weighted by atomic mass is 14.9. The first-order chi connectivity index (χ1) is 9.33. The van der Waals surface area contributed by atoms with E-state index in [1.165, 1.54) is 21.9 Å². The van der Waals surface area contributed by atoms with Crippen LogP contribution in [-0.2, 0) is 12.8 Å². The Labute approximate surface area is 111 Å². The Balaban J connectivity index is 2.04. The van der Waals surface area contributed by atoms with Gasteiger partial charge >= 0.3 is 0 Å². The van der Waals surface area contributed by atoms with Gasteiger partial charge in [-0.2, -0.15) is 0 Å². The van der Waals surface area contributed by atoms with Crippen molar-refractivity contribution >= 4 is 16.6 Å². The third-order valence-electron chi connectivity index (χ3n) is 3.82. The fourth-order valence-corrected chi connectivity index (χ4v) is 2.95. The lowest BCUT2D eigenvalue weighted by Crippen LogP contribution is -1.93. The van der Waals surface area contributed by atoms with Crippen molar-refractivity contribution in [2.24, 2.45) is 0 Å². The molecular weight excluding hydrogens is 234 g/mol. The Morgan fingerprint density at radius 3 is 2.53 bits per heavy atom. The Hall–Kier alpha value is -2.42. The van der Waals surface area contributed by atoms with Gasteiger partial charge in [0, 0.05) is 5.56 Å². The standard InChI is InChI=1S/C16H13N3/c17-15-9-18-14(8-19-15)12-7-6-11-5-4-10-2-1-3-13(12)16(10)11/h1-3,6-9H,4-5H2,(H2,17,19). The zero-order valence-electron chi connectivity index (χ0n) is 10.4. The monoisotopic (exact) mass is 247 g/mol. The van der Waals surface area contributed by atoms with E-state index in [2.05, 4.69) is 40.3 Å². The molecule has 0 bridgehead atoms. The quantitative estimate of drug-likeness (QED) is 0.719. The molecule has 3 heteroatoms. The summed E-state index contributed by atoms with van der Waals surface area (Å²) in [6.07, 6.45) is 5.64. The summed E-state index contributed by atoms with van der Waals surface area (Å²) in [5, 5.41) is 2.67. The molecule has 0 atom stereocenters. The maximum Gasteiger partial charge on any atom is 0.141 e. The number of anilines is 1. The number of aromatic nitrogens is 2. The largest absolute Gasteiger partial charge is 0.382 e. The van der Waals surface area contributed by atoms with E-state index in [4.69, 9.17) is 5.73 Å². The van der Waals surface area contributed by atoms with E-state index in [0.29, 0.717) is 5.82 Å². The van der Waals surface area contributed by atoms with Crippen molar-refractivity contribution in [3.8, 4) is 11.3 Å². The van der Waals surface area contributed by atoms with Gasteiger partial charge in [0.1, 0.15) is 5.82 Å². The maximum absolute atomic E-state index is 5.60. The Bertz CT molecular complexity index is 766. The van der Waals surface area contributed by atoms with E-state index < -0.39 is 0 Å². The molecule has 0 aliphatic heterocycles. The fraction of sp³-hybridized carbons (Fsp3) is 0.125. The highest BCUT2D eigenvalue weighted by Crippen LogP contribution is 2.36. The van der Waals surface area contributed by atoms with Gasteiger partial charge in [-0.25, -0.2) is 4.98 Å². The lowest BCUT2D eigenvalue weighted by atomic mass is 9.98. The fourth-order valence-electron chi connectivity index (χ4n) is 2.95. The van der Waals surface area contributed by atoms with E-state index in [1.54, 1.807) is 12.4 Å². The molecule has 3 aromatic rings. The van der Waals surface area contributed by atoms with E-state index in [-0.39, 0.29) is 0 Å². The molecule has 2 N–H and O–H groups in total. The van der Waals surface area contributed by atoms with Gasteiger partial charge in [0.25, 0.3) is 0 Å². The minimum atomic E-state index is 0.453. The number of aryl methyl sites for hydroxylation is 2. The number of nitrogen functional groups attached to an aromatic ring is 1. The zero-order valence-corrected chi connectivity index (χ0v) is 10.4. The highest BCUT2D eigenvalue weighted by molar-refractivity contribution is 6.00. The number of hydrogen-bond acceptors (Lipinski definition) is 3. The molecule has 0 saturated carbocycles. The summed E-state index contributed by atoms with van der Waals surface area (Å²) in [6, 6.07) is 10.9. The Morgan fingerprint density at radius 1 is 0.895 bits per heavy atom. The van der Waals surface area contributed by atoms with Gasteiger partial charge < -0.3 is 5.73 Å². The van der Waals surface area contributed by atoms with Crippen LogP contribution in [0.25, 0.3) is 22.0 Å². The van der Waals surface area contributed by atoms with E-state index in [0.717, 1.165) is 24.1 Å². The summed E-state index contributed by atoms with van der Waals surface area (Å²) in [4.78, 5) is 8.53. The minimum Gasteiger partial charge on any atom is -0.382 e. The second-order valence-electron chi connectivity index (χ2n) is 4.94. The Kier molecular flexibility index (Phi) is 2.09. The molecule has 1 aliphatic rings. The molecule has 0 saturated heterocycles. The number of rotatable bonds is 1. The average Bonchev–Trinajstić information content (AvgIpc) is 2.86. The second kappa shape index (κ2) is 3.79. The molecule has 4 rings (SSSR count). The number of benzene rings is 2. The number of nitrogens with zero attached hydrogens (tertiary/aromatic N) is 2. The number of nitrogens with two attached hydrogens (primary N) is 1. The van der Waals surface area contributed by atoms with Crippen LogP contribution in [0.3, 0.4) is 0 Å².